The van der Waals surface area contributed by atoms with Gasteiger partial charge in [0, 0.05) is 12.4 Å². The smallest absolute Gasteiger partial charge is 0.260 e. The lowest BCUT2D eigenvalue weighted by atomic mass is 10.1. The van der Waals surface area contributed by atoms with E-state index in [1.165, 1.54) is 6.20 Å². The molecule has 0 aliphatic rings. The molecule has 0 unspecified atom stereocenters. The lowest BCUT2D eigenvalue weighted by molar-refractivity contribution is -0.108. The molecule has 1 heterocycles. The molecule has 0 atom stereocenters. The first kappa shape index (κ1) is 13.3. The number of hydrogen-bond donors (Lipinski definition) is 4. The van der Waals surface area contributed by atoms with Crippen LogP contribution >= 0.6 is 0 Å². The van der Waals surface area contributed by atoms with Crippen LogP contribution in [0.25, 0.3) is 0 Å². The molecule has 102 valence electrons. The monoisotopic (exact) mass is 272 g/mol. The van der Waals surface area contributed by atoms with Crippen LogP contribution in [0.3, 0.4) is 0 Å². The fourth-order valence-corrected chi connectivity index (χ4v) is 1.49. The van der Waals surface area contributed by atoms with Gasteiger partial charge in [-0.2, -0.15) is 0 Å². The van der Waals surface area contributed by atoms with E-state index in [-0.39, 0.29) is 5.96 Å². The summed E-state index contributed by atoms with van der Waals surface area (Å²) in [7, 11) is 0. The summed E-state index contributed by atoms with van der Waals surface area (Å²) >= 11 is 0. The van der Waals surface area contributed by atoms with Crippen molar-refractivity contribution in [2.75, 3.05) is 5.32 Å². The van der Waals surface area contributed by atoms with Crippen LogP contribution in [0.15, 0.2) is 41.7 Å². The van der Waals surface area contributed by atoms with Crippen molar-refractivity contribution in [3.05, 3.63) is 42.2 Å². The molecule has 0 spiro atoms. The van der Waals surface area contributed by atoms with Crippen LogP contribution in [-0.2, 0) is 4.79 Å². The molecule has 0 radical (unpaired) electrons. The van der Waals surface area contributed by atoms with Crippen molar-refractivity contribution < 1.29 is 9.59 Å². The average Bonchev–Trinajstić information content (AvgIpc) is 2.92. The van der Waals surface area contributed by atoms with Crippen molar-refractivity contribution in [1.29, 1.82) is 0 Å². The molecule has 8 nitrogen and oxygen atoms in total. The topological polar surface area (TPSA) is 125 Å². The highest BCUT2D eigenvalue weighted by Crippen LogP contribution is 2.19. The van der Waals surface area contributed by atoms with Crippen LogP contribution in [0.5, 0.6) is 0 Å². The number of nitrogens with one attached hydrogen (secondary N) is 3. The number of hydrogen-bond acceptors (Lipinski definition) is 4. The maximum atomic E-state index is 12.1. The van der Waals surface area contributed by atoms with Gasteiger partial charge in [0.1, 0.15) is 0 Å². The minimum Gasteiger partial charge on any atom is -0.369 e. The molecule has 0 saturated carbocycles. The summed E-state index contributed by atoms with van der Waals surface area (Å²) in [5, 5.41) is 4.78. The van der Waals surface area contributed by atoms with Gasteiger partial charge in [-0.1, -0.05) is 12.1 Å². The Morgan fingerprint density at radius 3 is 2.90 bits per heavy atom. The Morgan fingerprint density at radius 2 is 2.20 bits per heavy atom. The lowest BCUT2D eigenvalue weighted by Gasteiger charge is -2.06. The van der Waals surface area contributed by atoms with Gasteiger partial charge in [0.2, 0.25) is 12.4 Å². The van der Waals surface area contributed by atoms with Gasteiger partial charge < -0.3 is 10.7 Å². The largest absolute Gasteiger partial charge is 0.369 e. The number of rotatable bonds is 4. The third-order valence-electron chi connectivity index (χ3n) is 2.33. The van der Waals surface area contributed by atoms with Crippen LogP contribution in [0.2, 0.25) is 0 Å². The first-order valence-corrected chi connectivity index (χ1v) is 5.65. The van der Waals surface area contributed by atoms with Crippen LogP contribution in [0.4, 0.5) is 11.6 Å². The number of para-hydroxylation sites is 1. The van der Waals surface area contributed by atoms with E-state index < -0.39 is 5.91 Å². The van der Waals surface area contributed by atoms with E-state index in [0.717, 1.165) is 0 Å². The number of imidazole rings is 1. The van der Waals surface area contributed by atoms with Crippen LogP contribution in [0, 0.1) is 0 Å². The number of guanidine groups is 1. The Labute approximate surface area is 114 Å². The summed E-state index contributed by atoms with van der Waals surface area (Å²) in [5.74, 6) is -0.163. The van der Waals surface area contributed by atoms with Crippen molar-refractivity contribution in [2.24, 2.45) is 10.7 Å². The number of carbonyl (C=O) groups excluding carboxylic acids is 2. The Morgan fingerprint density at radius 1 is 1.40 bits per heavy atom. The summed E-state index contributed by atoms with van der Waals surface area (Å²) in [6.45, 7) is 0. The second-order valence-electron chi connectivity index (χ2n) is 3.67. The molecule has 2 amide bonds. The predicted octanol–water partition coefficient (Wildman–Crippen LogP) is 0.354. The average molecular weight is 272 g/mol. The molecule has 5 N–H and O–H groups in total. The van der Waals surface area contributed by atoms with Crippen molar-refractivity contribution in [1.82, 2.24) is 15.3 Å². The first-order chi connectivity index (χ1) is 9.70. The quantitative estimate of drug-likeness (QED) is 0.364. The molecule has 8 heteroatoms. The molecule has 1 aromatic carbocycles. The van der Waals surface area contributed by atoms with Crippen molar-refractivity contribution in [3.8, 4) is 0 Å². The zero-order chi connectivity index (χ0) is 14.4. The Hall–Kier alpha value is -3.16. The number of anilines is 1. The van der Waals surface area contributed by atoms with Crippen LogP contribution in [-0.4, -0.2) is 28.2 Å². The van der Waals surface area contributed by atoms with E-state index >= 15 is 0 Å². The van der Waals surface area contributed by atoms with E-state index in [2.05, 4.69) is 25.6 Å². The summed E-state index contributed by atoms with van der Waals surface area (Å²) in [5.41, 5.74) is 6.12. The van der Waals surface area contributed by atoms with Crippen molar-refractivity contribution in [2.45, 2.75) is 0 Å². The maximum absolute atomic E-state index is 12.1. The van der Waals surface area contributed by atoms with E-state index in [1.54, 1.807) is 30.5 Å². The number of benzene rings is 1. The van der Waals surface area contributed by atoms with Gasteiger partial charge in [0.15, 0.2) is 5.96 Å². The maximum Gasteiger partial charge on any atom is 0.260 e. The fourth-order valence-electron chi connectivity index (χ4n) is 1.49. The van der Waals surface area contributed by atoms with E-state index in [1.807, 2.05) is 0 Å². The second kappa shape index (κ2) is 6.14. The standard InChI is InChI=1S/C12H12N6O2/c13-11(16-7-19)17-9-4-2-1-3-8(9)10(20)18-12-14-5-6-15-12/h1-7H,(H3,13,16,17,19)(H2,14,15,18,20). The number of amides is 2. The molecule has 0 aliphatic heterocycles. The Balaban J connectivity index is 2.25. The van der Waals surface area contributed by atoms with Gasteiger partial charge in [-0.05, 0) is 12.1 Å². The highest BCUT2D eigenvalue weighted by Gasteiger charge is 2.12. The zero-order valence-electron chi connectivity index (χ0n) is 10.3. The second-order valence-corrected chi connectivity index (χ2v) is 3.67. The number of aromatic amines is 1. The molecule has 2 rings (SSSR count). The van der Waals surface area contributed by atoms with Gasteiger partial charge in [-0.3, -0.25) is 20.2 Å². The molecule has 0 saturated heterocycles. The fraction of sp³-hybridized carbons (Fsp3) is 0. The minimum atomic E-state index is -0.391. The molecule has 2 aromatic rings. The van der Waals surface area contributed by atoms with Gasteiger partial charge >= 0.3 is 0 Å². The van der Waals surface area contributed by atoms with E-state index in [9.17, 15) is 9.59 Å². The van der Waals surface area contributed by atoms with Gasteiger partial charge in [0.05, 0.1) is 11.3 Å². The van der Waals surface area contributed by atoms with Crippen LogP contribution < -0.4 is 16.4 Å². The molecule has 0 aliphatic carbocycles. The predicted molar refractivity (Wildman–Crippen MR) is 73.5 cm³/mol. The number of aliphatic imine (C=N–C) groups is 1. The van der Waals surface area contributed by atoms with E-state index in [0.29, 0.717) is 23.6 Å². The summed E-state index contributed by atoms with van der Waals surface area (Å²) in [4.78, 5) is 33.0. The summed E-state index contributed by atoms with van der Waals surface area (Å²) in [6, 6.07) is 6.60. The van der Waals surface area contributed by atoms with Crippen molar-refractivity contribution >= 4 is 29.9 Å². The lowest BCUT2D eigenvalue weighted by Crippen LogP contribution is -2.29. The summed E-state index contributed by atoms with van der Waals surface area (Å²) < 4.78 is 0. The van der Waals surface area contributed by atoms with Crippen LogP contribution in [0.1, 0.15) is 10.4 Å². The number of nitrogens with two attached hydrogens (primary N) is 1. The number of aromatic nitrogens is 2. The molecule has 20 heavy (non-hydrogen) atoms. The molecule has 1 aromatic heterocycles. The number of nitrogens with zero attached hydrogens (tertiary/aromatic N) is 2. The highest BCUT2D eigenvalue weighted by atomic mass is 16.2. The first-order valence-electron chi connectivity index (χ1n) is 5.65. The molecular formula is C12H12N6O2. The zero-order valence-corrected chi connectivity index (χ0v) is 10.3. The number of H-pyrrole nitrogens is 1. The third-order valence-corrected chi connectivity index (χ3v) is 2.33. The normalized spacial score (nSPS) is 10.9. The van der Waals surface area contributed by atoms with E-state index in [4.69, 9.17) is 5.73 Å². The SMILES string of the molecule is NC(=Nc1ccccc1C(=O)Nc1ncc[nH]1)NC=O. The van der Waals surface area contributed by atoms with Gasteiger partial charge in [-0.15, -0.1) is 0 Å². The van der Waals surface area contributed by atoms with Gasteiger partial charge in [-0.25, -0.2) is 9.98 Å². The summed E-state index contributed by atoms with van der Waals surface area (Å²) in [6.07, 6.45) is 3.52. The molecular weight excluding hydrogens is 260 g/mol. The molecule has 0 fully saturated rings. The highest BCUT2D eigenvalue weighted by molar-refractivity contribution is 6.07. The van der Waals surface area contributed by atoms with Gasteiger partial charge in [0.25, 0.3) is 5.91 Å². The Bertz CT molecular complexity index is 635. The minimum absolute atomic E-state index is 0.0988. The van der Waals surface area contributed by atoms with Crippen molar-refractivity contribution in [3.63, 3.8) is 0 Å². The molecule has 0 bridgehead atoms. The number of carbonyl (C=O) groups is 2. The third kappa shape index (κ3) is 3.19. The Kier molecular flexibility index (Phi) is 4.07.